The summed E-state index contributed by atoms with van der Waals surface area (Å²) in [7, 11) is 0. The Morgan fingerprint density at radius 3 is 1.86 bits per heavy atom. The normalized spacial score (nSPS) is 6.43. The number of carboxylic acids is 1. The van der Waals surface area contributed by atoms with Crippen molar-refractivity contribution in [1.29, 1.82) is 0 Å². The van der Waals surface area contributed by atoms with Gasteiger partial charge in [0.2, 0.25) is 0 Å². The third kappa shape index (κ3) is 5.73. The van der Waals surface area contributed by atoms with Crippen LogP contribution in [0.3, 0.4) is 0 Å². The molecule has 0 aliphatic carbocycles. The summed E-state index contributed by atoms with van der Waals surface area (Å²) in [6, 6.07) is 0. The zero-order valence-corrected chi connectivity index (χ0v) is 6.16. The summed E-state index contributed by atoms with van der Waals surface area (Å²) in [5.41, 5.74) is 0.176. The number of carbonyl (C=O) groups is 1. The maximum absolute atomic E-state index is 9.60. The minimum atomic E-state index is -0.935. The van der Waals surface area contributed by atoms with Crippen molar-refractivity contribution in [1.82, 2.24) is 0 Å². The monoisotopic (exact) mass is 168 g/mol. The standard InChI is InChI=1S/C4H6O2.H2Se/c1-3(2)4(5)6;/h1H2,2H3,(H,5,6);1H2. The zero-order chi connectivity index (χ0) is 5.15. The Morgan fingerprint density at radius 1 is 1.71 bits per heavy atom. The summed E-state index contributed by atoms with van der Waals surface area (Å²) in [5, 5.41) is 7.89. The van der Waals surface area contributed by atoms with Crippen LogP contribution in [0.4, 0.5) is 0 Å². The Kier molecular flexibility index (Phi) is 5.51. The molecule has 0 fully saturated rings. The van der Waals surface area contributed by atoms with Crippen molar-refractivity contribution in [3.05, 3.63) is 12.2 Å². The predicted molar refractivity (Wildman–Crippen MR) is 31.0 cm³/mol. The van der Waals surface area contributed by atoms with E-state index in [1.54, 1.807) is 0 Å². The predicted octanol–water partition coefficient (Wildman–Crippen LogP) is -0.269. The van der Waals surface area contributed by atoms with Crippen molar-refractivity contribution < 1.29 is 9.90 Å². The molecule has 2 nitrogen and oxygen atoms in total. The molecule has 0 radical (unpaired) electrons. The number of carboxylic acid groups (broad SMARTS) is 1. The molecule has 0 aromatic rings. The van der Waals surface area contributed by atoms with E-state index in [0.717, 1.165) is 0 Å². The van der Waals surface area contributed by atoms with Crippen molar-refractivity contribution in [2.24, 2.45) is 0 Å². The first-order valence-electron chi connectivity index (χ1n) is 1.53. The summed E-state index contributed by atoms with van der Waals surface area (Å²) in [5.74, 6) is -0.935. The van der Waals surface area contributed by atoms with Gasteiger partial charge in [0, 0.05) is 5.57 Å². The van der Waals surface area contributed by atoms with Gasteiger partial charge in [-0.3, -0.25) is 0 Å². The second-order valence-electron chi connectivity index (χ2n) is 1.09. The fraction of sp³-hybridized carbons (Fsp3) is 0.250. The molecule has 42 valence electrons. The Labute approximate surface area is 52.7 Å². The van der Waals surface area contributed by atoms with Gasteiger partial charge in [-0.2, -0.15) is 0 Å². The summed E-state index contributed by atoms with van der Waals surface area (Å²) < 4.78 is 0. The summed E-state index contributed by atoms with van der Waals surface area (Å²) in [6.45, 7) is 4.60. The molecule has 0 aromatic carbocycles. The maximum atomic E-state index is 9.60. The second-order valence-corrected chi connectivity index (χ2v) is 1.09. The molecular formula is C4H8O2Se. The van der Waals surface area contributed by atoms with Crippen molar-refractivity contribution in [2.75, 3.05) is 0 Å². The molecule has 0 aliphatic rings. The van der Waals surface area contributed by atoms with Gasteiger partial charge in [-0.1, -0.05) is 6.58 Å². The summed E-state index contributed by atoms with van der Waals surface area (Å²) >= 11 is 0. The van der Waals surface area contributed by atoms with E-state index in [9.17, 15) is 4.79 Å². The van der Waals surface area contributed by atoms with Crippen molar-refractivity contribution in [2.45, 2.75) is 6.92 Å². The quantitative estimate of drug-likeness (QED) is 0.431. The molecule has 7 heavy (non-hydrogen) atoms. The molecule has 1 N–H and O–H groups in total. The Balaban J connectivity index is 0. The fourth-order valence-electron chi connectivity index (χ4n) is 0. The van der Waals surface area contributed by atoms with E-state index in [1.165, 1.54) is 6.92 Å². The molecular weight excluding hydrogens is 159 g/mol. The van der Waals surface area contributed by atoms with Crippen LogP contribution in [0.15, 0.2) is 12.2 Å². The Bertz CT molecular complexity index is 75.7. The molecule has 0 bridgehead atoms. The van der Waals surface area contributed by atoms with Gasteiger partial charge in [0.25, 0.3) is 0 Å². The average molecular weight is 167 g/mol. The van der Waals surface area contributed by atoms with Crippen LogP contribution in [0.2, 0.25) is 0 Å². The molecule has 3 heteroatoms. The first-order chi connectivity index (χ1) is 2.64. The van der Waals surface area contributed by atoms with Crippen LogP contribution in [0.1, 0.15) is 6.92 Å². The van der Waals surface area contributed by atoms with Crippen LogP contribution in [0.5, 0.6) is 0 Å². The third-order valence-corrected chi connectivity index (χ3v) is 0.365. The number of hydrogen-bond acceptors (Lipinski definition) is 1. The van der Waals surface area contributed by atoms with Crippen molar-refractivity contribution in [3.63, 3.8) is 0 Å². The van der Waals surface area contributed by atoms with Crippen LogP contribution < -0.4 is 0 Å². The molecule has 0 saturated heterocycles. The van der Waals surface area contributed by atoms with Crippen LogP contribution >= 0.6 is 0 Å². The number of hydrogen-bond donors (Lipinski definition) is 1. The van der Waals surface area contributed by atoms with Gasteiger partial charge in [-0.25, -0.2) is 4.79 Å². The third-order valence-electron chi connectivity index (χ3n) is 0.365. The van der Waals surface area contributed by atoms with Gasteiger partial charge in [-0.15, -0.1) is 0 Å². The molecule has 0 aromatic heterocycles. The zero-order valence-electron chi connectivity index (χ0n) is 4.06. The van der Waals surface area contributed by atoms with Gasteiger partial charge < -0.3 is 5.11 Å². The molecule has 0 unspecified atom stereocenters. The summed E-state index contributed by atoms with van der Waals surface area (Å²) in [6.07, 6.45) is 0. The summed E-state index contributed by atoms with van der Waals surface area (Å²) in [4.78, 5) is 9.60. The van der Waals surface area contributed by atoms with Crippen LogP contribution in [0, 0.1) is 0 Å². The van der Waals surface area contributed by atoms with E-state index in [2.05, 4.69) is 6.58 Å². The SMILES string of the molecule is C=C(C)C(=O)O.[SeH2]. The van der Waals surface area contributed by atoms with E-state index in [-0.39, 0.29) is 22.6 Å². The number of aliphatic carboxylic acids is 1. The van der Waals surface area contributed by atoms with E-state index in [1.807, 2.05) is 0 Å². The topological polar surface area (TPSA) is 37.3 Å². The fourth-order valence-corrected chi connectivity index (χ4v) is 0. The van der Waals surface area contributed by atoms with Gasteiger partial charge in [0.15, 0.2) is 0 Å². The van der Waals surface area contributed by atoms with E-state index < -0.39 is 5.97 Å². The molecule has 0 atom stereocenters. The van der Waals surface area contributed by atoms with Crippen molar-refractivity contribution >= 4 is 23.0 Å². The molecule has 0 amide bonds. The molecule has 0 spiro atoms. The first-order valence-corrected chi connectivity index (χ1v) is 1.53. The van der Waals surface area contributed by atoms with Crippen LogP contribution in [-0.4, -0.2) is 28.1 Å². The van der Waals surface area contributed by atoms with E-state index in [0.29, 0.717) is 0 Å². The minimum absolute atomic E-state index is 0. The number of rotatable bonds is 1. The van der Waals surface area contributed by atoms with Gasteiger partial charge >= 0.3 is 23.0 Å². The molecule has 0 heterocycles. The van der Waals surface area contributed by atoms with E-state index >= 15 is 0 Å². The van der Waals surface area contributed by atoms with E-state index in [4.69, 9.17) is 5.11 Å². The Hall–Kier alpha value is -0.271. The van der Waals surface area contributed by atoms with Gasteiger partial charge in [-0.05, 0) is 6.92 Å². The first kappa shape index (κ1) is 9.88. The average Bonchev–Trinajstić information content (AvgIpc) is 1.36. The molecule has 0 saturated carbocycles. The second kappa shape index (κ2) is 3.90. The van der Waals surface area contributed by atoms with Crippen LogP contribution in [0.25, 0.3) is 0 Å². The molecule has 0 rings (SSSR count). The van der Waals surface area contributed by atoms with Crippen LogP contribution in [-0.2, 0) is 4.79 Å². The van der Waals surface area contributed by atoms with Gasteiger partial charge in [0.1, 0.15) is 0 Å². The van der Waals surface area contributed by atoms with Crippen molar-refractivity contribution in [3.8, 4) is 0 Å². The molecule has 0 aliphatic heterocycles. The van der Waals surface area contributed by atoms with Gasteiger partial charge in [0.05, 0.1) is 0 Å². The Morgan fingerprint density at radius 2 is 1.86 bits per heavy atom.